The molecule has 0 bridgehead atoms. The van der Waals surface area contributed by atoms with E-state index in [0.29, 0.717) is 0 Å². The quantitative estimate of drug-likeness (QED) is 0.348. The lowest BCUT2D eigenvalue weighted by Crippen LogP contribution is -2.01. The Morgan fingerprint density at radius 2 is 2.41 bits per heavy atom. The highest BCUT2D eigenvalue weighted by Gasteiger charge is 2.07. The zero-order valence-electron chi connectivity index (χ0n) is 9.13. The molecule has 0 fully saturated rings. The van der Waals surface area contributed by atoms with E-state index in [-0.39, 0.29) is 17.7 Å². The summed E-state index contributed by atoms with van der Waals surface area (Å²) in [6.45, 7) is 0.123. The van der Waals surface area contributed by atoms with Gasteiger partial charge in [0.2, 0.25) is 0 Å². The molecule has 6 heteroatoms. The number of benzene rings is 1. The lowest BCUT2D eigenvalue weighted by Gasteiger charge is -2.01. The van der Waals surface area contributed by atoms with E-state index >= 15 is 0 Å². The minimum absolute atomic E-state index is 0.123. The predicted octanol–water partition coefficient (Wildman–Crippen LogP) is 2.94. The molecule has 1 rings (SSSR count). The predicted molar refractivity (Wildman–Crippen MR) is 60.8 cm³/mol. The van der Waals surface area contributed by atoms with Crippen molar-refractivity contribution in [1.82, 2.24) is 0 Å². The molecule has 0 unspecified atom stereocenters. The number of ether oxygens (including phenoxy) is 1. The number of halogens is 1. The molecular weight excluding hydrogens is 225 g/mol. The van der Waals surface area contributed by atoms with Crippen LogP contribution in [0.5, 0.6) is 0 Å². The number of esters is 1. The normalized spacial score (nSPS) is 10.0. The van der Waals surface area contributed by atoms with E-state index in [1.54, 1.807) is 0 Å². The van der Waals surface area contributed by atoms with Crippen LogP contribution in [0.25, 0.3) is 16.5 Å². The van der Waals surface area contributed by atoms with E-state index in [1.165, 1.54) is 37.5 Å². The highest BCUT2D eigenvalue weighted by atomic mass is 19.1. The lowest BCUT2D eigenvalue weighted by atomic mass is 10.1. The molecule has 0 heterocycles. The van der Waals surface area contributed by atoms with Gasteiger partial charge in [-0.1, -0.05) is 17.3 Å². The number of rotatable bonds is 4. The molecule has 17 heavy (non-hydrogen) atoms. The molecule has 0 atom stereocenters. The highest BCUT2D eigenvalue weighted by Crippen LogP contribution is 2.13. The first kappa shape index (κ1) is 12.7. The number of hydrogen-bond donors (Lipinski definition) is 0. The molecule has 0 saturated heterocycles. The van der Waals surface area contributed by atoms with Gasteiger partial charge in [-0.25, -0.2) is 9.18 Å². The monoisotopic (exact) mass is 235 g/mol. The number of methoxy groups -OCH3 is 1. The van der Waals surface area contributed by atoms with Crippen molar-refractivity contribution in [3.05, 3.63) is 51.7 Å². The van der Waals surface area contributed by atoms with Crippen molar-refractivity contribution in [2.24, 2.45) is 5.11 Å². The zero-order valence-corrected chi connectivity index (χ0v) is 9.13. The first-order valence-electron chi connectivity index (χ1n) is 4.74. The van der Waals surface area contributed by atoms with Crippen LogP contribution in [0.2, 0.25) is 0 Å². The Morgan fingerprint density at radius 3 is 3.06 bits per heavy atom. The molecule has 0 amide bonds. The van der Waals surface area contributed by atoms with Gasteiger partial charge >= 0.3 is 5.97 Å². The van der Waals surface area contributed by atoms with Crippen LogP contribution in [-0.4, -0.2) is 19.6 Å². The minimum atomic E-state index is -0.533. The summed E-state index contributed by atoms with van der Waals surface area (Å²) in [4.78, 5) is 13.8. The Morgan fingerprint density at radius 1 is 1.65 bits per heavy atom. The highest BCUT2D eigenvalue weighted by molar-refractivity contribution is 5.90. The lowest BCUT2D eigenvalue weighted by molar-refractivity contribution is 0.0600. The topological polar surface area (TPSA) is 75.1 Å². The molecule has 1 aromatic rings. The van der Waals surface area contributed by atoms with E-state index in [0.717, 1.165) is 0 Å². The van der Waals surface area contributed by atoms with E-state index in [1.807, 2.05) is 0 Å². The van der Waals surface area contributed by atoms with Crippen LogP contribution < -0.4 is 0 Å². The summed E-state index contributed by atoms with van der Waals surface area (Å²) in [5, 5.41) is 3.27. The van der Waals surface area contributed by atoms with Crippen molar-refractivity contribution >= 4 is 12.0 Å². The Bertz CT molecular complexity index is 493. The van der Waals surface area contributed by atoms with E-state index in [2.05, 4.69) is 14.8 Å². The van der Waals surface area contributed by atoms with Crippen LogP contribution in [0.4, 0.5) is 4.39 Å². The van der Waals surface area contributed by atoms with Gasteiger partial charge in [0, 0.05) is 17.0 Å². The molecule has 0 N–H and O–H groups in total. The van der Waals surface area contributed by atoms with Gasteiger partial charge in [-0.15, -0.1) is 0 Å². The van der Waals surface area contributed by atoms with Gasteiger partial charge in [0.25, 0.3) is 0 Å². The molecule has 0 aliphatic heterocycles. The third-order valence-electron chi connectivity index (χ3n) is 1.96. The Balaban J connectivity index is 2.94. The van der Waals surface area contributed by atoms with E-state index in [4.69, 9.17) is 5.53 Å². The Labute approximate surface area is 97.1 Å². The fourth-order valence-electron chi connectivity index (χ4n) is 1.18. The van der Waals surface area contributed by atoms with Crippen molar-refractivity contribution in [2.75, 3.05) is 13.7 Å². The number of nitrogens with zero attached hydrogens (tertiary/aromatic N) is 3. The fraction of sp³-hybridized carbons (Fsp3) is 0.182. The summed E-state index contributed by atoms with van der Waals surface area (Å²) in [6.07, 6.45) is 2.94. The molecule has 0 spiro atoms. The van der Waals surface area contributed by atoms with Crippen LogP contribution in [-0.2, 0) is 4.74 Å². The molecule has 0 radical (unpaired) electrons. The number of hydrogen-bond acceptors (Lipinski definition) is 3. The first-order valence-corrected chi connectivity index (χ1v) is 4.74. The maximum Gasteiger partial charge on any atom is 0.337 e. The molecule has 0 aliphatic rings. The van der Waals surface area contributed by atoms with Gasteiger partial charge in [-0.05, 0) is 23.7 Å². The molecular formula is C11H10FN3O2. The summed E-state index contributed by atoms with van der Waals surface area (Å²) in [7, 11) is 1.25. The van der Waals surface area contributed by atoms with Crippen molar-refractivity contribution in [3.8, 4) is 0 Å². The molecule has 0 aromatic heterocycles. The van der Waals surface area contributed by atoms with Gasteiger partial charge in [0.15, 0.2) is 0 Å². The summed E-state index contributed by atoms with van der Waals surface area (Å²) in [5.41, 5.74) is 8.55. The smallest absolute Gasteiger partial charge is 0.337 e. The second-order valence-corrected chi connectivity index (χ2v) is 3.04. The average Bonchev–Trinajstić information content (AvgIpc) is 2.35. The molecule has 1 aromatic carbocycles. The minimum Gasteiger partial charge on any atom is -0.465 e. The Hall–Kier alpha value is -2.33. The summed E-state index contributed by atoms with van der Waals surface area (Å²) in [6, 6.07) is 3.89. The average molecular weight is 235 g/mol. The SMILES string of the molecule is COC(=O)c1ccc(F)c(C=CCN=[N+]=[N-])c1. The van der Waals surface area contributed by atoms with Crippen molar-refractivity contribution in [3.63, 3.8) is 0 Å². The number of azide groups is 1. The van der Waals surface area contributed by atoms with Crippen LogP contribution >= 0.6 is 0 Å². The maximum atomic E-state index is 13.3. The van der Waals surface area contributed by atoms with Gasteiger partial charge in [0.1, 0.15) is 5.82 Å². The van der Waals surface area contributed by atoms with E-state index < -0.39 is 11.8 Å². The standard InChI is InChI=1S/C11H10FN3O2/c1-17-11(16)9-4-5-10(12)8(7-9)3-2-6-14-15-13/h2-5,7H,6H2,1H3. The molecule has 5 nitrogen and oxygen atoms in total. The van der Waals surface area contributed by atoms with Gasteiger partial charge < -0.3 is 4.74 Å². The third-order valence-corrected chi connectivity index (χ3v) is 1.96. The number of carbonyl (C=O) groups excluding carboxylic acids is 1. The zero-order chi connectivity index (χ0) is 12.7. The fourth-order valence-corrected chi connectivity index (χ4v) is 1.18. The van der Waals surface area contributed by atoms with Gasteiger partial charge in [0.05, 0.1) is 12.7 Å². The van der Waals surface area contributed by atoms with Gasteiger partial charge in [-0.2, -0.15) is 0 Å². The summed E-state index contributed by atoms with van der Waals surface area (Å²) >= 11 is 0. The Kier molecular flexibility index (Phi) is 4.72. The van der Waals surface area contributed by atoms with E-state index in [9.17, 15) is 9.18 Å². The maximum absolute atomic E-state index is 13.3. The molecule has 0 saturated carbocycles. The number of carbonyl (C=O) groups is 1. The summed E-state index contributed by atoms with van der Waals surface area (Å²) < 4.78 is 17.9. The molecule has 88 valence electrons. The summed E-state index contributed by atoms with van der Waals surface area (Å²) in [5.74, 6) is -0.996. The second kappa shape index (κ2) is 6.30. The van der Waals surface area contributed by atoms with Crippen LogP contribution in [0.1, 0.15) is 15.9 Å². The van der Waals surface area contributed by atoms with Crippen LogP contribution in [0.15, 0.2) is 29.4 Å². The van der Waals surface area contributed by atoms with Crippen LogP contribution in [0, 0.1) is 5.82 Å². The van der Waals surface area contributed by atoms with Crippen molar-refractivity contribution in [1.29, 1.82) is 0 Å². The molecule has 0 aliphatic carbocycles. The first-order chi connectivity index (χ1) is 8.19. The van der Waals surface area contributed by atoms with Gasteiger partial charge in [-0.3, -0.25) is 0 Å². The largest absolute Gasteiger partial charge is 0.465 e. The second-order valence-electron chi connectivity index (χ2n) is 3.04. The van der Waals surface area contributed by atoms with Crippen molar-refractivity contribution in [2.45, 2.75) is 0 Å². The third kappa shape index (κ3) is 3.62. The van der Waals surface area contributed by atoms with Crippen molar-refractivity contribution < 1.29 is 13.9 Å². The van der Waals surface area contributed by atoms with Crippen LogP contribution in [0.3, 0.4) is 0 Å².